The zero-order chi connectivity index (χ0) is 19.5. The summed E-state index contributed by atoms with van der Waals surface area (Å²) in [6.45, 7) is 9.47. The summed E-state index contributed by atoms with van der Waals surface area (Å²) < 4.78 is 0. The van der Waals surface area contributed by atoms with Crippen LogP contribution in [0.2, 0.25) is 0 Å². The Bertz CT molecular complexity index is 807. The fourth-order valence-electron chi connectivity index (χ4n) is 4.23. The second-order valence-electron chi connectivity index (χ2n) is 8.85. The highest BCUT2D eigenvalue weighted by atomic mass is 16.3. The summed E-state index contributed by atoms with van der Waals surface area (Å²) in [5, 5.41) is 19.8. The number of rotatable bonds is 4. The topological polar surface area (TPSA) is 47.3 Å². The van der Waals surface area contributed by atoms with Crippen LogP contribution in [0.3, 0.4) is 0 Å². The van der Waals surface area contributed by atoms with E-state index in [1.807, 2.05) is 30.3 Å². The molecule has 1 aliphatic rings. The lowest BCUT2D eigenvalue weighted by Crippen LogP contribution is -2.46. The molecule has 0 saturated carbocycles. The molecule has 3 nitrogen and oxygen atoms in total. The Morgan fingerprint density at radius 1 is 1.04 bits per heavy atom. The van der Waals surface area contributed by atoms with Gasteiger partial charge in [-0.25, -0.2) is 0 Å². The van der Waals surface area contributed by atoms with Gasteiger partial charge in [-0.1, -0.05) is 63.2 Å². The molecule has 3 rings (SSSR count). The lowest BCUT2D eigenvalue weighted by atomic mass is 9.60. The van der Waals surface area contributed by atoms with Crippen molar-refractivity contribution < 1.29 is 5.11 Å². The van der Waals surface area contributed by atoms with Crippen molar-refractivity contribution in [3.05, 3.63) is 54.1 Å². The third-order valence-electron chi connectivity index (χ3n) is 6.41. The summed E-state index contributed by atoms with van der Waals surface area (Å²) in [5.41, 5.74) is 3.35. The van der Waals surface area contributed by atoms with Crippen molar-refractivity contribution in [2.24, 2.45) is 10.8 Å². The van der Waals surface area contributed by atoms with E-state index in [1.54, 1.807) is 0 Å². The number of nitrogens with zero attached hydrogens (tertiary/aromatic N) is 2. The first-order chi connectivity index (χ1) is 12.8. The fraction of sp³-hybridized carbons (Fsp3) is 0.458. The minimum atomic E-state index is 0.0947. The Labute approximate surface area is 163 Å². The molecule has 1 N–H and O–H groups in total. The molecule has 1 fully saturated rings. The van der Waals surface area contributed by atoms with Gasteiger partial charge in [-0.15, -0.1) is 0 Å². The van der Waals surface area contributed by atoms with Crippen LogP contribution in [0.25, 0.3) is 11.1 Å². The molecule has 0 radical (unpaired) electrons. The van der Waals surface area contributed by atoms with Gasteiger partial charge in [0.1, 0.15) is 5.75 Å². The minimum absolute atomic E-state index is 0.0947. The third-order valence-corrected chi connectivity index (χ3v) is 6.41. The van der Waals surface area contributed by atoms with Crippen molar-refractivity contribution in [1.82, 2.24) is 4.90 Å². The van der Waals surface area contributed by atoms with Crippen LogP contribution < -0.4 is 0 Å². The minimum Gasteiger partial charge on any atom is -0.508 e. The summed E-state index contributed by atoms with van der Waals surface area (Å²) in [4.78, 5) is 2.40. The monoisotopic (exact) mass is 362 g/mol. The normalized spacial score (nSPS) is 17.4. The lowest BCUT2D eigenvalue weighted by molar-refractivity contribution is 0.00694. The smallest absolute Gasteiger partial charge is 0.120 e. The maximum atomic E-state index is 10.5. The molecule has 1 heterocycles. The quantitative estimate of drug-likeness (QED) is 0.770. The first-order valence-corrected chi connectivity index (χ1v) is 9.81. The van der Waals surface area contributed by atoms with E-state index in [9.17, 15) is 10.4 Å². The molecule has 27 heavy (non-hydrogen) atoms. The molecule has 2 aromatic rings. The molecule has 2 aromatic carbocycles. The van der Waals surface area contributed by atoms with E-state index >= 15 is 0 Å². The highest BCUT2D eigenvalue weighted by Crippen LogP contribution is 2.49. The zero-order valence-corrected chi connectivity index (χ0v) is 16.7. The maximum absolute atomic E-state index is 10.5. The predicted octanol–water partition coefficient (Wildman–Crippen LogP) is 5.60. The van der Waals surface area contributed by atoms with Gasteiger partial charge in [-0.2, -0.15) is 5.26 Å². The number of aromatic hydroxyl groups is 1. The molecule has 142 valence electrons. The van der Waals surface area contributed by atoms with E-state index in [2.05, 4.69) is 49.9 Å². The average molecular weight is 363 g/mol. The molecule has 0 unspecified atom stereocenters. The Morgan fingerprint density at radius 2 is 1.70 bits per heavy atom. The van der Waals surface area contributed by atoms with Crippen molar-refractivity contribution in [1.29, 1.82) is 5.26 Å². The van der Waals surface area contributed by atoms with Gasteiger partial charge in [0.25, 0.3) is 0 Å². The van der Waals surface area contributed by atoms with Crippen LogP contribution in [-0.2, 0) is 6.54 Å². The average Bonchev–Trinajstić information content (AvgIpc) is 2.65. The van der Waals surface area contributed by atoms with Crippen molar-refractivity contribution in [3.63, 3.8) is 0 Å². The van der Waals surface area contributed by atoms with Gasteiger partial charge in [0.05, 0.1) is 6.07 Å². The van der Waals surface area contributed by atoms with Gasteiger partial charge < -0.3 is 5.11 Å². The van der Waals surface area contributed by atoms with Crippen LogP contribution in [0.5, 0.6) is 5.75 Å². The molecule has 0 spiro atoms. The second-order valence-corrected chi connectivity index (χ2v) is 8.85. The van der Waals surface area contributed by atoms with E-state index in [0.717, 1.165) is 49.2 Å². The molecule has 0 bridgehead atoms. The lowest BCUT2D eigenvalue weighted by Gasteiger charge is -2.49. The number of nitriles is 1. The van der Waals surface area contributed by atoms with Crippen LogP contribution >= 0.6 is 0 Å². The van der Waals surface area contributed by atoms with Gasteiger partial charge >= 0.3 is 0 Å². The number of phenols is 1. The van der Waals surface area contributed by atoms with E-state index < -0.39 is 0 Å². The summed E-state index contributed by atoms with van der Waals surface area (Å²) in [5.74, 6) is 0.362. The van der Waals surface area contributed by atoms with E-state index in [0.29, 0.717) is 12.2 Å². The highest BCUT2D eigenvalue weighted by Gasteiger charge is 2.43. The third kappa shape index (κ3) is 4.17. The SMILES string of the molecule is CC(C)(C)C1(CC#N)CCN(Cc2ccc(-c3ccccc3)cc2O)CC1. The molecule has 0 amide bonds. The largest absolute Gasteiger partial charge is 0.508 e. The van der Waals surface area contributed by atoms with Crippen LogP contribution in [0.15, 0.2) is 48.5 Å². The Morgan fingerprint density at radius 3 is 2.26 bits per heavy atom. The van der Waals surface area contributed by atoms with E-state index in [4.69, 9.17) is 0 Å². The number of likely N-dealkylation sites (tertiary alicyclic amines) is 1. The summed E-state index contributed by atoms with van der Waals surface area (Å²) in [7, 11) is 0. The predicted molar refractivity (Wildman–Crippen MR) is 110 cm³/mol. The summed E-state index contributed by atoms with van der Waals surface area (Å²) >= 11 is 0. The zero-order valence-electron chi connectivity index (χ0n) is 16.7. The summed E-state index contributed by atoms with van der Waals surface area (Å²) in [6.07, 6.45) is 2.70. The molecule has 1 saturated heterocycles. The maximum Gasteiger partial charge on any atom is 0.120 e. The fourth-order valence-corrected chi connectivity index (χ4v) is 4.23. The van der Waals surface area contributed by atoms with Crippen molar-refractivity contribution in [2.45, 2.75) is 46.6 Å². The van der Waals surface area contributed by atoms with Gasteiger partial charge in [0, 0.05) is 18.5 Å². The number of hydrogen-bond donors (Lipinski definition) is 1. The Balaban J connectivity index is 1.68. The number of benzene rings is 2. The number of hydrogen-bond acceptors (Lipinski definition) is 3. The molecule has 0 aromatic heterocycles. The van der Waals surface area contributed by atoms with Crippen molar-refractivity contribution >= 4 is 0 Å². The van der Waals surface area contributed by atoms with Crippen molar-refractivity contribution in [3.8, 4) is 22.9 Å². The van der Waals surface area contributed by atoms with E-state index in [-0.39, 0.29) is 10.8 Å². The van der Waals surface area contributed by atoms with Crippen LogP contribution in [0, 0.1) is 22.2 Å². The standard InChI is InChI=1S/C24H30N2O/c1-23(2,3)24(11-14-25)12-15-26(16-13-24)18-21-10-9-20(17-22(21)27)19-7-5-4-6-8-19/h4-10,17,27H,11-13,15-16,18H2,1-3H3. The molecule has 1 aliphatic heterocycles. The second kappa shape index (κ2) is 7.74. The first kappa shape index (κ1) is 19.5. The Kier molecular flexibility index (Phi) is 5.58. The molecular formula is C24H30N2O. The van der Waals surface area contributed by atoms with Crippen molar-refractivity contribution in [2.75, 3.05) is 13.1 Å². The number of piperidine rings is 1. The van der Waals surface area contributed by atoms with Gasteiger partial charge in [0.2, 0.25) is 0 Å². The van der Waals surface area contributed by atoms with Gasteiger partial charge in [-0.3, -0.25) is 4.90 Å². The molecular weight excluding hydrogens is 332 g/mol. The van der Waals surface area contributed by atoms with Crippen LogP contribution in [0.4, 0.5) is 0 Å². The van der Waals surface area contributed by atoms with E-state index in [1.165, 1.54) is 0 Å². The van der Waals surface area contributed by atoms with Crippen LogP contribution in [0.1, 0.15) is 45.6 Å². The van der Waals surface area contributed by atoms with Crippen LogP contribution in [-0.4, -0.2) is 23.1 Å². The molecule has 3 heteroatoms. The molecule has 0 aliphatic carbocycles. The number of phenolic OH excluding ortho intramolecular Hbond substituents is 1. The first-order valence-electron chi connectivity index (χ1n) is 9.81. The Hall–Kier alpha value is -2.31. The summed E-state index contributed by atoms with van der Waals surface area (Å²) in [6, 6.07) is 18.5. The van der Waals surface area contributed by atoms with Gasteiger partial charge in [-0.05, 0) is 54.0 Å². The van der Waals surface area contributed by atoms with Gasteiger partial charge in [0.15, 0.2) is 0 Å². The molecule has 0 atom stereocenters. The highest BCUT2D eigenvalue weighted by molar-refractivity contribution is 5.65.